The molecule has 0 saturated carbocycles. The van der Waals surface area contributed by atoms with E-state index in [1.807, 2.05) is 42.3 Å². The van der Waals surface area contributed by atoms with Gasteiger partial charge in [-0.25, -0.2) is 4.98 Å². The lowest BCUT2D eigenvalue weighted by Gasteiger charge is -2.35. The average molecular weight is 510 g/mol. The molecular weight excluding hydrogens is 474 g/mol. The molecule has 0 atom stereocenters. The monoisotopic (exact) mass is 509 g/mol. The summed E-state index contributed by atoms with van der Waals surface area (Å²) >= 11 is 0. The van der Waals surface area contributed by atoms with Crippen LogP contribution in [0.1, 0.15) is 46.0 Å². The molecule has 1 fully saturated rings. The maximum atomic E-state index is 14.0. The average Bonchev–Trinajstić information content (AvgIpc) is 3.24. The number of rotatable bonds is 7. The molecule has 1 N–H and O–H groups in total. The number of benzene rings is 2. The summed E-state index contributed by atoms with van der Waals surface area (Å²) in [5.41, 5.74) is 5.51. The number of piperazine rings is 1. The van der Waals surface area contributed by atoms with Crippen molar-refractivity contribution in [1.29, 1.82) is 0 Å². The summed E-state index contributed by atoms with van der Waals surface area (Å²) in [5, 5.41) is 3.92. The zero-order chi connectivity index (χ0) is 26.6. The molecular formula is C31H35N5O2. The number of amides is 2. The highest BCUT2D eigenvalue weighted by molar-refractivity contribution is 6.13. The molecule has 5 rings (SSSR count). The summed E-state index contributed by atoms with van der Waals surface area (Å²) in [6, 6.07) is 20.2. The molecule has 0 unspecified atom stereocenters. The molecule has 4 aromatic rings. The molecule has 7 heteroatoms. The maximum Gasteiger partial charge on any atom is 0.256 e. The van der Waals surface area contributed by atoms with E-state index in [2.05, 4.69) is 63.9 Å². The Balaban J connectivity index is 1.34. The Labute approximate surface area is 224 Å². The number of fused-ring (bicyclic) bond motifs is 1. The van der Waals surface area contributed by atoms with Gasteiger partial charge in [0, 0.05) is 56.9 Å². The largest absolute Gasteiger partial charge is 0.353 e. The van der Waals surface area contributed by atoms with Gasteiger partial charge in [0.05, 0.1) is 16.8 Å². The van der Waals surface area contributed by atoms with Gasteiger partial charge in [0.15, 0.2) is 0 Å². The Bertz CT molecular complexity index is 1430. The second kappa shape index (κ2) is 11.1. The molecule has 3 heterocycles. The zero-order valence-electron chi connectivity index (χ0n) is 22.4. The summed E-state index contributed by atoms with van der Waals surface area (Å²) in [4.78, 5) is 35.0. The van der Waals surface area contributed by atoms with Gasteiger partial charge in [-0.2, -0.15) is 0 Å². The van der Waals surface area contributed by atoms with Gasteiger partial charge in [-0.05, 0) is 43.2 Å². The van der Waals surface area contributed by atoms with E-state index in [-0.39, 0.29) is 11.8 Å². The van der Waals surface area contributed by atoms with Crippen LogP contribution in [0.25, 0.3) is 22.2 Å². The SMILES string of the molecule is CCCCNC(=O)c1ccc(N2CCN(C(=O)c3c(-c4ccccc4)n(C)c4ccc(C)cc34)CC2)nc1. The van der Waals surface area contributed by atoms with Crippen LogP contribution in [0, 0.1) is 6.92 Å². The number of pyridine rings is 1. The first kappa shape index (κ1) is 25.5. The number of nitrogens with one attached hydrogen (secondary N) is 1. The van der Waals surface area contributed by atoms with Gasteiger partial charge >= 0.3 is 0 Å². The predicted molar refractivity (Wildman–Crippen MR) is 153 cm³/mol. The molecule has 1 aliphatic rings. The molecule has 2 aromatic carbocycles. The van der Waals surface area contributed by atoms with Crippen LogP contribution in [0.5, 0.6) is 0 Å². The molecule has 0 bridgehead atoms. The van der Waals surface area contributed by atoms with Gasteiger partial charge in [-0.1, -0.05) is 55.3 Å². The van der Waals surface area contributed by atoms with E-state index >= 15 is 0 Å². The number of carbonyl (C=O) groups is 2. The first-order valence-electron chi connectivity index (χ1n) is 13.4. The minimum Gasteiger partial charge on any atom is -0.353 e. The molecule has 0 radical (unpaired) electrons. The van der Waals surface area contributed by atoms with Gasteiger partial charge in [0.2, 0.25) is 0 Å². The van der Waals surface area contributed by atoms with E-state index in [1.165, 1.54) is 0 Å². The highest BCUT2D eigenvalue weighted by atomic mass is 16.2. The molecule has 0 aliphatic carbocycles. The quantitative estimate of drug-likeness (QED) is 0.354. The van der Waals surface area contributed by atoms with Crippen molar-refractivity contribution in [3.05, 3.63) is 83.6 Å². The van der Waals surface area contributed by atoms with Gasteiger partial charge in [-0.3, -0.25) is 9.59 Å². The van der Waals surface area contributed by atoms with Crippen molar-refractivity contribution in [1.82, 2.24) is 19.8 Å². The highest BCUT2D eigenvalue weighted by Gasteiger charge is 2.29. The van der Waals surface area contributed by atoms with Crippen molar-refractivity contribution >= 4 is 28.5 Å². The molecule has 38 heavy (non-hydrogen) atoms. The van der Waals surface area contributed by atoms with Crippen molar-refractivity contribution in [2.24, 2.45) is 7.05 Å². The third-order valence-electron chi connectivity index (χ3n) is 7.33. The third kappa shape index (κ3) is 5.01. The fourth-order valence-corrected chi connectivity index (χ4v) is 5.19. The number of carbonyl (C=O) groups excluding carboxylic acids is 2. The van der Waals surface area contributed by atoms with Crippen LogP contribution in [0.3, 0.4) is 0 Å². The Morgan fingerprint density at radius 3 is 2.42 bits per heavy atom. The number of aromatic nitrogens is 2. The number of hydrogen-bond acceptors (Lipinski definition) is 4. The first-order chi connectivity index (χ1) is 18.5. The van der Waals surface area contributed by atoms with Crippen LogP contribution in [0.4, 0.5) is 5.82 Å². The summed E-state index contributed by atoms with van der Waals surface area (Å²) < 4.78 is 2.14. The summed E-state index contributed by atoms with van der Waals surface area (Å²) in [5.74, 6) is 0.798. The van der Waals surface area contributed by atoms with Crippen molar-refractivity contribution in [2.45, 2.75) is 26.7 Å². The molecule has 1 saturated heterocycles. The molecule has 1 aliphatic heterocycles. The number of aryl methyl sites for hydroxylation is 2. The Hall–Kier alpha value is -4.13. The van der Waals surface area contributed by atoms with E-state index in [1.54, 1.807) is 6.20 Å². The van der Waals surface area contributed by atoms with E-state index in [4.69, 9.17) is 0 Å². The van der Waals surface area contributed by atoms with Gasteiger partial charge in [0.1, 0.15) is 5.82 Å². The Morgan fingerprint density at radius 2 is 1.74 bits per heavy atom. The third-order valence-corrected chi connectivity index (χ3v) is 7.33. The summed E-state index contributed by atoms with van der Waals surface area (Å²) in [6.07, 6.45) is 3.64. The Morgan fingerprint density at radius 1 is 0.974 bits per heavy atom. The van der Waals surface area contributed by atoms with E-state index in [0.29, 0.717) is 38.3 Å². The lowest BCUT2D eigenvalue weighted by atomic mass is 10.0. The summed E-state index contributed by atoms with van der Waals surface area (Å²) in [6.45, 7) is 7.42. The molecule has 2 aromatic heterocycles. The lowest BCUT2D eigenvalue weighted by Crippen LogP contribution is -2.49. The highest BCUT2D eigenvalue weighted by Crippen LogP contribution is 2.35. The number of hydrogen-bond donors (Lipinski definition) is 1. The van der Waals surface area contributed by atoms with Crippen LogP contribution >= 0.6 is 0 Å². The van der Waals surface area contributed by atoms with Crippen molar-refractivity contribution in [3.8, 4) is 11.3 Å². The molecule has 7 nitrogen and oxygen atoms in total. The van der Waals surface area contributed by atoms with Gasteiger partial charge in [0.25, 0.3) is 11.8 Å². The topological polar surface area (TPSA) is 70.5 Å². The molecule has 2 amide bonds. The zero-order valence-corrected chi connectivity index (χ0v) is 22.4. The number of anilines is 1. The molecule has 0 spiro atoms. The van der Waals surface area contributed by atoms with E-state index in [9.17, 15) is 9.59 Å². The fraction of sp³-hybridized carbons (Fsp3) is 0.323. The molecule has 196 valence electrons. The van der Waals surface area contributed by atoms with Crippen LogP contribution < -0.4 is 10.2 Å². The van der Waals surface area contributed by atoms with Gasteiger partial charge in [-0.15, -0.1) is 0 Å². The Kier molecular flexibility index (Phi) is 7.45. The second-order valence-electron chi connectivity index (χ2n) is 9.96. The standard InChI is InChI=1S/C31H35N5O2/c1-4-5-15-32-30(37)24-12-14-27(33-21-24)35-16-18-36(19-17-35)31(38)28-25-20-22(2)11-13-26(25)34(3)29(28)23-9-7-6-8-10-23/h6-14,20-21H,4-5,15-19H2,1-3H3,(H,32,37). The number of unbranched alkanes of at least 4 members (excludes halogenated alkanes) is 1. The van der Waals surface area contributed by atoms with Crippen molar-refractivity contribution in [3.63, 3.8) is 0 Å². The normalized spacial score (nSPS) is 13.7. The second-order valence-corrected chi connectivity index (χ2v) is 9.96. The summed E-state index contributed by atoms with van der Waals surface area (Å²) in [7, 11) is 2.04. The maximum absolute atomic E-state index is 14.0. The van der Waals surface area contributed by atoms with Crippen LogP contribution in [-0.2, 0) is 7.05 Å². The van der Waals surface area contributed by atoms with Crippen molar-refractivity contribution in [2.75, 3.05) is 37.6 Å². The van der Waals surface area contributed by atoms with Crippen LogP contribution in [0.15, 0.2) is 66.9 Å². The van der Waals surface area contributed by atoms with E-state index in [0.717, 1.165) is 51.9 Å². The predicted octanol–water partition coefficient (Wildman–Crippen LogP) is 5.04. The fourth-order valence-electron chi connectivity index (χ4n) is 5.19. The minimum atomic E-state index is -0.0903. The van der Waals surface area contributed by atoms with Crippen LogP contribution in [0.2, 0.25) is 0 Å². The first-order valence-corrected chi connectivity index (χ1v) is 13.4. The van der Waals surface area contributed by atoms with Crippen molar-refractivity contribution < 1.29 is 9.59 Å². The van der Waals surface area contributed by atoms with Gasteiger partial charge < -0.3 is 19.7 Å². The smallest absolute Gasteiger partial charge is 0.256 e. The van der Waals surface area contributed by atoms with Crippen LogP contribution in [-0.4, -0.2) is 59.0 Å². The number of nitrogens with zero attached hydrogens (tertiary/aromatic N) is 4. The minimum absolute atomic E-state index is 0.0618. The van der Waals surface area contributed by atoms with E-state index < -0.39 is 0 Å². The lowest BCUT2D eigenvalue weighted by molar-refractivity contribution is 0.0748.